The molecule has 23 heavy (non-hydrogen) atoms. The lowest BCUT2D eigenvalue weighted by atomic mass is 10.1. The van der Waals surface area contributed by atoms with Crippen LogP contribution in [0.4, 0.5) is 0 Å². The largest absolute Gasteiger partial charge is 0.366 e. The van der Waals surface area contributed by atoms with Crippen LogP contribution in [0.15, 0.2) is 23.9 Å². The highest BCUT2D eigenvalue weighted by Gasteiger charge is 2.30. The Bertz CT molecular complexity index is 457. The molecule has 1 unspecified atom stereocenters. The molecule has 1 aliphatic heterocycles. The fourth-order valence-corrected chi connectivity index (χ4v) is 2.77. The zero-order valence-corrected chi connectivity index (χ0v) is 14.4. The molecule has 5 heteroatoms. The highest BCUT2D eigenvalue weighted by atomic mass is 16.2. The average Bonchev–Trinajstić information content (AvgIpc) is 2.53. The van der Waals surface area contributed by atoms with Gasteiger partial charge in [0.05, 0.1) is 13.5 Å². The van der Waals surface area contributed by atoms with E-state index in [-0.39, 0.29) is 10.4 Å². The molecule has 2 amide bonds. The molecule has 4 N–H and O–H groups in total. The number of carbonyl (C=O) groups is 2. The van der Waals surface area contributed by atoms with Gasteiger partial charge in [-0.1, -0.05) is 38.5 Å². The molecule has 130 valence electrons. The highest BCUT2D eigenvalue weighted by molar-refractivity contribution is 5.95. The van der Waals surface area contributed by atoms with Crippen LogP contribution < -0.4 is 11.5 Å². The molecule has 1 heterocycles. The third-order valence-corrected chi connectivity index (χ3v) is 4.47. The van der Waals surface area contributed by atoms with Gasteiger partial charge in [-0.15, -0.1) is 0 Å². The Hall–Kier alpha value is -1.46. The molecule has 0 aliphatic carbocycles. The summed E-state index contributed by atoms with van der Waals surface area (Å²) in [5.41, 5.74) is 11.2. The quantitative estimate of drug-likeness (QED) is 0.452. The number of rotatable bonds is 11. The summed E-state index contributed by atoms with van der Waals surface area (Å²) in [5.74, 6) is -0.240. The van der Waals surface area contributed by atoms with Crippen LogP contribution in [-0.4, -0.2) is 36.4 Å². The van der Waals surface area contributed by atoms with E-state index in [0.717, 1.165) is 25.8 Å². The van der Waals surface area contributed by atoms with Gasteiger partial charge in [0.1, 0.15) is 12.7 Å². The Morgan fingerprint density at radius 3 is 2.09 bits per heavy atom. The number of quaternary nitrogens is 1. The molecule has 0 radical (unpaired) electrons. The molecule has 0 aromatic rings. The maximum atomic E-state index is 12.4. The van der Waals surface area contributed by atoms with Crippen LogP contribution in [0, 0.1) is 0 Å². The number of amides is 2. The van der Waals surface area contributed by atoms with Gasteiger partial charge in [-0.3, -0.25) is 4.79 Å². The van der Waals surface area contributed by atoms with Crippen LogP contribution in [-0.2, 0) is 9.59 Å². The molecule has 1 atom stereocenters. The SMILES string of the molecule is C[N+]1(C(=O)CCCCCCCCCCN)C=CC(C(N)=O)=CC1. The summed E-state index contributed by atoms with van der Waals surface area (Å²) in [6.45, 7) is 1.30. The smallest absolute Gasteiger partial charge is 0.318 e. The van der Waals surface area contributed by atoms with Gasteiger partial charge in [0.15, 0.2) is 0 Å². The van der Waals surface area contributed by atoms with Gasteiger partial charge in [-0.2, -0.15) is 0 Å². The second-order valence-corrected chi connectivity index (χ2v) is 6.55. The molecule has 1 rings (SSSR count). The Morgan fingerprint density at radius 1 is 1.04 bits per heavy atom. The van der Waals surface area contributed by atoms with Crippen LogP contribution in [0.1, 0.15) is 57.8 Å². The zero-order valence-electron chi connectivity index (χ0n) is 14.4. The minimum absolute atomic E-state index is 0.198. The number of hydrogen-bond donors (Lipinski definition) is 2. The summed E-state index contributed by atoms with van der Waals surface area (Å²) in [6, 6.07) is 0. The van der Waals surface area contributed by atoms with Crippen molar-refractivity contribution in [1.29, 1.82) is 0 Å². The van der Waals surface area contributed by atoms with Crippen molar-refractivity contribution in [2.24, 2.45) is 11.5 Å². The number of unbranched alkanes of at least 4 members (excludes halogenated alkanes) is 7. The first-order valence-electron chi connectivity index (χ1n) is 8.77. The van der Waals surface area contributed by atoms with Gasteiger partial charge in [0.2, 0.25) is 5.91 Å². The first kappa shape index (κ1) is 19.6. The van der Waals surface area contributed by atoms with Crippen LogP contribution in [0.3, 0.4) is 0 Å². The zero-order chi connectivity index (χ0) is 17.1. The fourth-order valence-electron chi connectivity index (χ4n) is 2.77. The molecule has 0 saturated carbocycles. The molecule has 0 saturated heterocycles. The van der Waals surface area contributed by atoms with E-state index in [2.05, 4.69) is 0 Å². The van der Waals surface area contributed by atoms with Gasteiger partial charge < -0.3 is 11.5 Å². The van der Waals surface area contributed by atoms with Crippen molar-refractivity contribution in [3.63, 3.8) is 0 Å². The lowest BCUT2D eigenvalue weighted by molar-refractivity contribution is -0.776. The standard InChI is InChI=1S/C18H31N3O2/c1-21(14-11-16(12-15-21)18(20)23)17(22)10-8-6-4-2-3-5-7-9-13-19/h11-12,14H,2-10,13,15,19H2,1H3,(H-,20,23)/p+1. The van der Waals surface area contributed by atoms with Crippen LogP contribution >= 0.6 is 0 Å². The van der Waals surface area contributed by atoms with Crippen molar-refractivity contribution < 1.29 is 14.1 Å². The van der Waals surface area contributed by atoms with Gasteiger partial charge in [-0.05, 0) is 25.5 Å². The Morgan fingerprint density at radius 2 is 1.61 bits per heavy atom. The lowest BCUT2D eigenvalue weighted by Crippen LogP contribution is -2.46. The van der Waals surface area contributed by atoms with Crippen molar-refractivity contribution >= 4 is 11.8 Å². The highest BCUT2D eigenvalue weighted by Crippen LogP contribution is 2.18. The summed E-state index contributed by atoms with van der Waals surface area (Å²) >= 11 is 0. The van der Waals surface area contributed by atoms with Crippen molar-refractivity contribution in [3.05, 3.63) is 23.9 Å². The summed E-state index contributed by atoms with van der Waals surface area (Å²) in [6.07, 6.45) is 15.2. The molecule has 1 aliphatic rings. The average molecular weight is 322 g/mol. The van der Waals surface area contributed by atoms with E-state index in [1.807, 2.05) is 7.05 Å². The number of hydrogen-bond acceptors (Lipinski definition) is 3. The van der Waals surface area contributed by atoms with E-state index >= 15 is 0 Å². The topological polar surface area (TPSA) is 86.2 Å². The maximum Gasteiger partial charge on any atom is 0.318 e. The predicted molar refractivity (Wildman–Crippen MR) is 93.1 cm³/mol. The Balaban J connectivity index is 2.15. The van der Waals surface area contributed by atoms with Crippen molar-refractivity contribution in [2.75, 3.05) is 20.1 Å². The van der Waals surface area contributed by atoms with Gasteiger partial charge in [0, 0.05) is 11.6 Å². The van der Waals surface area contributed by atoms with E-state index in [4.69, 9.17) is 11.5 Å². The molecular formula is C18H32N3O2+. The molecule has 0 aromatic heterocycles. The van der Waals surface area contributed by atoms with Crippen LogP contribution in [0.2, 0.25) is 0 Å². The summed E-state index contributed by atoms with van der Waals surface area (Å²) in [5, 5.41) is 0. The van der Waals surface area contributed by atoms with Gasteiger partial charge >= 0.3 is 5.91 Å². The third-order valence-electron chi connectivity index (χ3n) is 4.47. The normalized spacial score (nSPS) is 20.3. The molecule has 0 fully saturated rings. The minimum atomic E-state index is -0.439. The number of likely N-dealkylation sites (N-methyl/N-ethyl adjacent to an activating group) is 1. The Labute approximate surface area is 140 Å². The molecule has 5 nitrogen and oxygen atoms in total. The van der Waals surface area contributed by atoms with E-state index in [1.54, 1.807) is 18.4 Å². The van der Waals surface area contributed by atoms with E-state index in [9.17, 15) is 9.59 Å². The first-order valence-corrected chi connectivity index (χ1v) is 8.77. The molecule has 0 aromatic carbocycles. The maximum absolute atomic E-state index is 12.4. The van der Waals surface area contributed by atoms with Crippen molar-refractivity contribution in [3.8, 4) is 0 Å². The number of nitrogens with zero attached hydrogens (tertiary/aromatic N) is 1. The minimum Gasteiger partial charge on any atom is -0.366 e. The summed E-state index contributed by atoms with van der Waals surface area (Å²) in [4.78, 5) is 23.5. The second kappa shape index (κ2) is 10.3. The fraction of sp³-hybridized carbons (Fsp3) is 0.667. The monoisotopic (exact) mass is 322 g/mol. The van der Waals surface area contributed by atoms with E-state index in [1.165, 1.54) is 32.1 Å². The number of primary amides is 1. The summed E-state index contributed by atoms with van der Waals surface area (Å²) in [7, 11) is 1.88. The summed E-state index contributed by atoms with van der Waals surface area (Å²) < 4.78 is 0.232. The third kappa shape index (κ3) is 7.10. The predicted octanol–water partition coefficient (Wildman–Crippen LogP) is 2.37. The van der Waals surface area contributed by atoms with Gasteiger partial charge in [-0.25, -0.2) is 9.28 Å². The van der Waals surface area contributed by atoms with Gasteiger partial charge in [0.25, 0.3) is 0 Å². The van der Waals surface area contributed by atoms with E-state index in [0.29, 0.717) is 18.5 Å². The van der Waals surface area contributed by atoms with Crippen LogP contribution in [0.25, 0.3) is 0 Å². The van der Waals surface area contributed by atoms with E-state index < -0.39 is 5.91 Å². The second-order valence-electron chi connectivity index (χ2n) is 6.55. The lowest BCUT2D eigenvalue weighted by Gasteiger charge is -2.28. The molecule has 0 spiro atoms. The van der Waals surface area contributed by atoms with Crippen LogP contribution in [0.5, 0.6) is 0 Å². The molecular weight excluding hydrogens is 290 g/mol. The Kier molecular flexibility index (Phi) is 8.81. The molecule has 0 bridgehead atoms. The number of nitrogens with two attached hydrogens (primary N) is 2. The van der Waals surface area contributed by atoms with Crippen molar-refractivity contribution in [2.45, 2.75) is 57.8 Å². The number of carbonyl (C=O) groups excluding carboxylic acids is 2. The van der Waals surface area contributed by atoms with Crippen molar-refractivity contribution in [1.82, 2.24) is 0 Å². The first-order chi connectivity index (χ1) is 11.0.